The molecule has 1 aliphatic heterocycles. The van der Waals surface area contributed by atoms with Crippen LogP contribution in [0.2, 0.25) is 0 Å². The highest BCUT2D eigenvalue weighted by Gasteiger charge is 2.35. The summed E-state index contributed by atoms with van der Waals surface area (Å²) < 4.78 is 5.36. The van der Waals surface area contributed by atoms with Crippen molar-refractivity contribution >= 4 is 5.91 Å². The Morgan fingerprint density at radius 3 is 2.75 bits per heavy atom. The maximum absolute atomic E-state index is 12.1. The zero-order chi connectivity index (χ0) is 11.5. The van der Waals surface area contributed by atoms with Crippen LogP contribution in [0.3, 0.4) is 0 Å². The first-order chi connectivity index (χ1) is 7.72. The van der Waals surface area contributed by atoms with E-state index in [1.165, 1.54) is 0 Å². The van der Waals surface area contributed by atoms with E-state index in [1.807, 2.05) is 6.92 Å². The van der Waals surface area contributed by atoms with Gasteiger partial charge in [0.15, 0.2) is 0 Å². The smallest absolute Gasteiger partial charge is 0.226 e. The first-order valence-corrected chi connectivity index (χ1v) is 6.30. The van der Waals surface area contributed by atoms with Gasteiger partial charge in [0.05, 0.1) is 6.61 Å². The second-order valence-electron chi connectivity index (χ2n) is 5.09. The van der Waals surface area contributed by atoms with Crippen molar-refractivity contribution in [2.24, 2.45) is 17.6 Å². The fourth-order valence-corrected chi connectivity index (χ4v) is 2.19. The Balaban J connectivity index is 1.91. The molecule has 2 fully saturated rings. The molecule has 2 N–H and O–H groups in total. The van der Waals surface area contributed by atoms with Gasteiger partial charge in [0.1, 0.15) is 0 Å². The summed E-state index contributed by atoms with van der Waals surface area (Å²) in [7, 11) is 0. The molecule has 4 heteroatoms. The molecule has 1 amide bonds. The van der Waals surface area contributed by atoms with Crippen LogP contribution < -0.4 is 5.73 Å². The van der Waals surface area contributed by atoms with E-state index in [1.54, 1.807) is 0 Å². The Morgan fingerprint density at radius 1 is 1.50 bits per heavy atom. The van der Waals surface area contributed by atoms with Crippen LogP contribution in [0.4, 0.5) is 0 Å². The minimum Gasteiger partial charge on any atom is -0.381 e. The van der Waals surface area contributed by atoms with Crippen molar-refractivity contribution in [3.63, 3.8) is 0 Å². The second-order valence-corrected chi connectivity index (χ2v) is 5.09. The summed E-state index contributed by atoms with van der Waals surface area (Å²) >= 11 is 0. The molecular weight excluding hydrogens is 204 g/mol. The van der Waals surface area contributed by atoms with Crippen molar-refractivity contribution in [1.82, 2.24) is 4.90 Å². The summed E-state index contributed by atoms with van der Waals surface area (Å²) in [5.74, 6) is 0.731. The van der Waals surface area contributed by atoms with E-state index in [0.717, 1.165) is 39.0 Å². The van der Waals surface area contributed by atoms with E-state index in [0.29, 0.717) is 18.5 Å². The van der Waals surface area contributed by atoms with Crippen molar-refractivity contribution in [2.45, 2.75) is 32.2 Å². The van der Waals surface area contributed by atoms with Crippen molar-refractivity contribution < 1.29 is 9.53 Å². The molecule has 1 aliphatic carbocycles. The van der Waals surface area contributed by atoms with Crippen LogP contribution in [0.5, 0.6) is 0 Å². The van der Waals surface area contributed by atoms with E-state index >= 15 is 0 Å². The molecule has 1 saturated carbocycles. The van der Waals surface area contributed by atoms with Crippen molar-refractivity contribution in [3.05, 3.63) is 0 Å². The Labute approximate surface area is 97.1 Å². The van der Waals surface area contributed by atoms with E-state index in [2.05, 4.69) is 4.90 Å². The quantitative estimate of drug-likeness (QED) is 0.747. The topological polar surface area (TPSA) is 55.6 Å². The van der Waals surface area contributed by atoms with Gasteiger partial charge in [-0.2, -0.15) is 0 Å². The molecule has 92 valence electrons. The van der Waals surface area contributed by atoms with Crippen LogP contribution in [0, 0.1) is 11.8 Å². The number of rotatable bonds is 5. The van der Waals surface area contributed by atoms with Crippen molar-refractivity contribution in [1.29, 1.82) is 0 Å². The van der Waals surface area contributed by atoms with Crippen molar-refractivity contribution in [2.75, 3.05) is 26.3 Å². The Hall–Kier alpha value is -0.610. The molecule has 4 nitrogen and oxygen atoms in total. The van der Waals surface area contributed by atoms with Gasteiger partial charge in [-0.15, -0.1) is 0 Å². The van der Waals surface area contributed by atoms with Crippen LogP contribution in [-0.2, 0) is 9.53 Å². The monoisotopic (exact) mass is 226 g/mol. The van der Waals surface area contributed by atoms with E-state index in [9.17, 15) is 4.79 Å². The summed E-state index contributed by atoms with van der Waals surface area (Å²) in [5.41, 5.74) is 5.57. The molecule has 2 atom stereocenters. The molecule has 0 spiro atoms. The predicted molar refractivity (Wildman–Crippen MR) is 61.9 cm³/mol. The lowest BCUT2D eigenvalue weighted by molar-refractivity contribution is -0.136. The fraction of sp³-hybridized carbons (Fsp3) is 0.917. The third kappa shape index (κ3) is 2.74. The minimum absolute atomic E-state index is 0.0390. The van der Waals surface area contributed by atoms with Crippen LogP contribution in [-0.4, -0.2) is 43.2 Å². The first kappa shape index (κ1) is 11.9. The molecule has 2 unspecified atom stereocenters. The molecule has 16 heavy (non-hydrogen) atoms. The average Bonchev–Trinajstić information content (AvgIpc) is 3.01. The lowest BCUT2D eigenvalue weighted by Gasteiger charge is -2.27. The zero-order valence-electron chi connectivity index (χ0n) is 10.0. The Kier molecular flexibility index (Phi) is 3.82. The number of carbonyl (C=O) groups excluding carboxylic acids is 1. The number of ether oxygens (including phenoxy) is 1. The Morgan fingerprint density at radius 2 is 2.25 bits per heavy atom. The van der Waals surface area contributed by atoms with E-state index in [-0.39, 0.29) is 11.8 Å². The molecule has 0 radical (unpaired) electrons. The van der Waals surface area contributed by atoms with Gasteiger partial charge in [0.25, 0.3) is 0 Å². The summed E-state index contributed by atoms with van der Waals surface area (Å²) in [6.07, 6.45) is 3.42. The van der Waals surface area contributed by atoms with Gasteiger partial charge in [-0.25, -0.2) is 0 Å². The van der Waals surface area contributed by atoms with Crippen LogP contribution >= 0.6 is 0 Å². The SMILES string of the molecule is CC(CN)C(=O)N(CC1CCOC1)C1CC1. The summed E-state index contributed by atoms with van der Waals surface area (Å²) in [4.78, 5) is 14.2. The minimum atomic E-state index is -0.0390. The average molecular weight is 226 g/mol. The molecule has 1 heterocycles. The normalized spacial score (nSPS) is 26.8. The summed E-state index contributed by atoms with van der Waals surface area (Å²) in [6, 6.07) is 0.488. The van der Waals surface area contributed by atoms with E-state index in [4.69, 9.17) is 10.5 Å². The highest BCUT2D eigenvalue weighted by Crippen LogP contribution is 2.30. The van der Waals surface area contributed by atoms with Crippen LogP contribution in [0.15, 0.2) is 0 Å². The van der Waals surface area contributed by atoms with Gasteiger partial charge in [-0.1, -0.05) is 6.92 Å². The van der Waals surface area contributed by atoms with Gasteiger partial charge < -0.3 is 15.4 Å². The van der Waals surface area contributed by atoms with Gasteiger partial charge in [0.2, 0.25) is 5.91 Å². The summed E-state index contributed by atoms with van der Waals surface area (Å²) in [5, 5.41) is 0. The third-order valence-corrected chi connectivity index (χ3v) is 3.52. The zero-order valence-corrected chi connectivity index (χ0v) is 10.0. The van der Waals surface area contributed by atoms with E-state index < -0.39 is 0 Å². The largest absolute Gasteiger partial charge is 0.381 e. The highest BCUT2D eigenvalue weighted by molar-refractivity contribution is 5.79. The molecule has 1 saturated heterocycles. The summed E-state index contributed by atoms with van der Waals surface area (Å²) in [6.45, 7) is 4.90. The third-order valence-electron chi connectivity index (χ3n) is 3.52. The standard InChI is InChI=1S/C12H22N2O2/c1-9(6-13)12(15)14(11-2-3-11)7-10-4-5-16-8-10/h9-11H,2-8,13H2,1H3. The first-order valence-electron chi connectivity index (χ1n) is 6.30. The lowest BCUT2D eigenvalue weighted by atomic mass is 10.1. The van der Waals surface area contributed by atoms with Gasteiger partial charge in [0, 0.05) is 37.6 Å². The van der Waals surface area contributed by atoms with Crippen LogP contribution in [0.1, 0.15) is 26.2 Å². The molecule has 0 aromatic carbocycles. The maximum Gasteiger partial charge on any atom is 0.226 e. The van der Waals surface area contributed by atoms with Gasteiger partial charge in [-0.3, -0.25) is 4.79 Å². The fourth-order valence-electron chi connectivity index (χ4n) is 2.19. The molecule has 2 rings (SSSR count). The highest BCUT2D eigenvalue weighted by atomic mass is 16.5. The van der Waals surface area contributed by atoms with Crippen molar-refractivity contribution in [3.8, 4) is 0 Å². The Bertz CT molecular complexity index is 247. The molecule has 0 aromatic heterocycles. The number of hydrogen-bond donors (Lipinski definition) is 1. The molecule has 0 bridgehead atoms. The number of amides is 1. The number of nitrogens with zero attached hydrogens (tertiary/aromatic N) is 1. The van der Waals surface area contributed by atoms with Crippen LogP contribution in [0.25, 0.3) is 0 Å². The number of hydrogen-bond acceptors (Lipinski definition) is 3. The molecule has 0 aromatic rings. The number of nitrogens with two attached hydrogens (primary N) is 1. The lowest BCUT2D eigenvalue weighted by Crippen LogP contribution is -2.42. The molecule has 2 aliphatic rings. The second kappa shape index (κ2) is 5.15. The predicted octanol–water partition coefficient (Wildman–Crippen LogP) is 0.609. The number of carbonyl (C=O) groups is 1. The maximum atomic E-state index is 12.1. The van der Waals surface area contributed by atoms with Gasteiger partial charge in [-0.05, 0) is 19.3 Å². The molecular formula is C12H22N2O2. The van der Waals surface area contributed by atoms with Gasteiger partial charge >= 0.3 is 0 Å².